The van der Waals surface area contributed by atoms with E-state index in [1.54, 1.807) is 31.2 Å². The van der Waals surface area contributed by atoms with Crippen LogP contribution in [0.1, 0.15) is 30.4 Å². The van der Waals surface area contributed by atoms with Gasteiger partial charge in [-0.15, -0.1) is 0 Å². The Labute approximate surface area is 198 Å². The summed E-state index contributed by atoms with van der Waals surface area (Å²) in [5.41, 5.74) is 1.74. The number of hydrogen-bond acceptors (Lipinski definition) is 5. The second-order valence-electron chi connectivity index (χ2n) is 9.87. The lowest BCUT2D eigenvalue weighted by Gasteiger charge is -2.62. The highest BCUT2D eigenvalue weighted by Crippen LogP contribution is 2.57. The molecule has 1 aliphatic carbocycles. The first-order valence-corrected chi connectivity index (χ1v) is 13.5. The second-order valence-corrected chi connectivity index (χ2v) is 12.9. The van der Waals surface area contributed by atoms with Gasteiger partial charge in [0.2, 0.25) is 0 Å². The van der Waals surface area contributed by atoms with Crippen LogP contribution in [-0.2, 0) is 16.3 Å². The predicted octanol–water partition coefficient (Wildman–Crippen LogP) is 3.35. The number of halogens is 2. The van der Waals surface area contributed by atoms with Crippen molar-refractivity contribution in [3.63, 3.8) is 0 Å². The molecular weight excluding hydrogens is 462 g/mol. The fourth-order valence-electron chi connectivity index (χ4n) is 5.17. The van der Waals surface area contributed by atoms with E-state index in [1.165, 1.54) is 13.2 Å². The van der Waals surface area contributed by atoms with Gasteiger partial charge in [-0.3, -0.25) is 13.5 Å². The monoisotopic (exact) mass is 493 g/mol. The minimum atomic E-state index is -5.21. The molecule has 34 heavy (non-hydrogen) atoms. The average Bonchev–Trinajstić information content (AvgIpc) is 3.39. The molecule has 0 spiro atoms. The molecular formula is C24H31F2N4O3S-. The van der Waals surface area contributed by atoms with Crippen molar-refractivity contribution in [1.82, 2.24) is 9.88 Å². The minimum absolute atomic E-state index is 0.115. The number of aromatic nitrogens is 1. The average molecular weight is 494 g/mol. The number of nitrogens with zero attached hydrogens (tertiary/aromatic N) is 4. The molecule has 0 amide bonds. The molecule has 3 heterocycles. The molecule has 2 aliphatic heterocycles. The molecule has 0 radical (unpaired) electrons. The van der Waals surface area contributed by atoms with Crippen molar-refractivity contribution in [1.29, 1.82) is 0 Å². The zero-order chi connectivity index (χ0) is 24.3. The summed E-state index contributed by atoms with van der Waals surface area (Å²) in [4.78, 5) is 6.65. The van der Waals surface area contributed by atoms with E-state index in [1.807, 2.05) is 6.07 Å². The highest BCUT2D eigenvalue weighted by molar-refractivity contribution is 8.17. The number of likely N-dealkylation sites (tertiary alicyclic amines) is 1. The Morgan fingerprint density at radius 1 is 1.26 bits per heavy atom. The number of sulfonamides is 2. The number of rotatable bonds is 6. The Kier molecular flexibility index (Phi) is 5.51. The maximum absolute atomic E-state index is 14.8. The molecule has 2 fully saturated rings. The van der Waals surface area contributed by atoms with Gasteiger partial charge in [0.15, 0.2) is 5.82 Å². The van der Waals surface area contributed by atoms with Crippen molar-refractivity contribution in [2.24, 2.45) is 11.8 Å². The molecule has 1 aromatic heterocycles. The molecule has 7 nitrogen and oxygen atoms in total. The summed E-state index contributed by atoms with van der Waals surface area (Å²) >= 11 is 0. The Hall–Kier alpha value is -2.14. The molecule has 1 N–H and O–H groups in total. The smallest absolute Gasteiger partial charge is 0.253 e. The third-order valence-electron chi connectivity index (χ3n) is 7.55. The number of aliphatic hydroxyl groups excluding tert-OH is 1. The van der Waals surface area contributed by atoms with Crippen LogP contribution < -0.4 is 8.61 Å². The van der Waals surface area contributed by atoms with Crippen molar-refractivity contribution < 1.29 is 22.6 Å². The van der Waals surface area contributed by atoms with Crippen LogP contribution in [0.15, 0.2) is 41.4 Å². The molecule has 0 bridgehead atoms. The number of benzene rings is 1. The first-order valence-electron chi connectivity index (χ1n) is 11.7. The summed E-state index contributed by atoms with van der Waals surface area (Å²) in [5.74, 6) is -3.30. The van der Waals surface area contributed by atoms with E-state index in [2.05, 4.69) is 9.88 Å². The second kappa shape index (κ2) is 7.94. The predicted molar refractivity (Wildman–Crippen MR) is 126 cm³/mol. The normalized spacial score (nSPS) is 26.6. The number of aryl methyl sites for hydroxylation is 1. The fraction of sp³-hybridized carbons (Fsp3) is 0.542. The Bertz CT molecular complexity index is 1170. The summed E-state index contributed by atoms with van der Waals surface area (Å²) in [5, 5.41) is 9.39. The van der Waals surface area contributed by atoms with Crippen LogP contribution >= 0.6 is 0 Å². The quantitative estimate of drug-likeness (QED) is 0.668. The Morgan fingerprint density at radius 2 is 1.97 bits per heavy atom. The summed E-state index contributed by atoms with van der Waals surface area (Å²) in [6.07, 6.45) is 3.01. The largest absolute Gasteiger partial charge is 0.732 e. The van der Waals surface area contributed by atoms with Crippen LogP contribution in [0.4, 0.5) is 20.3 Å². The van der Waals surface area contributed by atoms with Gasteiger partial charge in [-0.2, -0.15) is 9.72 Å². The molecule has 5 rings (SSSR count). The van der Waals surface area contributed by atoms with E-state index >= 15 is 0 Å². The van der Waals surface area contributed by atoms with E-state index in [0.29, 0.717) is 23.7 Å². The minimum Gasteiger partial charge on any atom is -0.732 e. The lowest BCUT2D eigenvalue weighted by molar-refractivity contribution is 0.101. The standard InChI is InChI=1S/C24H32F2N4O3S/c1-17-5-6-19(14-29-10-7-18(16-31)8-11-29)12-22(17)34(32,33)28(2)23-21(4-3-9-27-23)30(34)15-20-13-24(20,25)26/h3-6,9,12,18,20,31H,7-8,10-11,13-16H2,1-2H3,(H,32,33)/p-1. The van der Waals surface area contributed by atoms with Crippen molar-refractivity contribution in [2.75, 3.05) is 41.9 Å². The van der Waals surface area contributed by atoms with Crippen molar-refractivity contribution in [3.05, 3.63) is 47.7 Å². The van der Waals surface area contributed by atoms with Crippen molar-refractivity contribution >= 4 is 21.2 Å². The molecule has 1 saturated heterocycles. The number of anilines is 2. The SMILES string of the molecule is Cc1ccc(CN2CCC(CO)CC2)cc1S1(=O)([O-])N(C)c2ncccc2N1CC1CC1(F)F. The summed E-state index contributed by atoms with van der Waals surface area (Å²) in [6.45, 7) is 3.90. The number of piperidine rings is 1. The van der Waals surface area contributed by atoms with Crippen LogP contribution in [0, 0.1) is 18.8 Å². The van der Waals surface area contributed by atoms with E-state index in [4.69, 9.17) is 0 Å². The number of hydrogen-bond donors (Lipinski definition) is 1. The third kappa shape index (κ3) is 3.62. The van der Waals surface area contributed by atoms with Gasteiger partial charge < -0.3 is 9.66 Å². The third-order valence-corrected chi connectivity index (χ3v) is 11.0. The zero-order valence-electron chi connectivity index (χ0n) is 19.5. The molecule has 1 atom stereocenters. The van der Waals surface area contributed by atoms with Gasteiger partial charge in [-0.05, 0) is 68.1 Å². The van der Waals surface area contributed by atoms with Crippen LogP contribution in [0.25, 0.3) is 0 Å². The van der Waals surface area contributed by atoms with Crippen LogP contribution in [0.3, 0.4) is 0 Å². The first kappa shape index (κ1) is 23.6. The van der Waals surface area contributed by atoms with Gasteiger partial charge in [-0.25, -0.2) is 18.0 Å². The maximum Gasteiger partial charge on any atom is 0.253 e. The van der Waals surface area contributed by atoms with Crippen LogP contribution in [0.5, 0.6) is 0 Å². The topological polar surface area (TPSA) is 83.0 Å². The van der Waals surface area contributed by atoms with Crippen LogP contribution in [-0.4, -0.2) is 63.0 Å². The van der Waals surface area contributed by atoms with E-state index in [0.717, 1.165) is 40.1 Å². The maximum atomic E-state index is 14.8. The summed E-state index contributed by atoms with van der Waals surface area (Å²) < 4.78 is 59.7. The summed E-state index contributed by atoms with van der Waals surface area (Å²) in [7, 11) is -3.76. The molecule has 1 aromatic carbocycles. The van der Waals surface area contributed by atoms with Gasteiger partial charge in [-0.1, -0.05) is 12.1 Å². The van der Waals surface area contributed by atoms with E-state index in [-0.39, 0.29) is 30.3 Å². The Balaban J connectivity index is 1.53. The lowest BCUT2D eigenvalue weighted by atomic mass is 9.97. The summed E-state index contributed by atoms with van der Waals surface area (Å²) in [6, 6.07) is 8.66. The number of alkyl halides is 2. The number of aliphatic hydroxyl groups is 1. The zero-order valence-corrected chi connectivity index (χ0v) is 20.3. The molecule has 1 unspecified atom stereocenters. The molecule has 10 heteroatoms. The van der Waals surface area contributed by atoms with Gasteiger partial charge in [0.25, 0.3) is 5.92 Å². The highest BCUT2D eigenvalue weighted by Gasteiger charge is 2.59. The molecule has 1 saturated carbocycles. The number of fused-ring (bicyclic) bond motifs is 1. The first-order chi connectivity index (χ1) is 16.0. The van der Waals surface area contributed by atoms with Gasteiger partial charge >= 0.3 is 0 Å². The lowest BCUT2D eigenvalue weighted by Crippen LogP contribution is -2.58. The highest BCUT2D eigenvalue weighted by atomic mass is 32.3. The van der Waals surface area contributed by atoms with Gasteiger partial charge in [0.1, 0.15) is 0 Å². The van der Waals surface area contributed by atoms with E-state index < -0.39 is 21.6 Å². The molecule has 186 valence electrons. The fourth-order valence-corrected chi connectivity index (χ4v) is 8.35. The van der Waals surface area contributed by atoms with Crippen molar-refractivity contribution in [3.8, 4) is 0 Å². The van der Waals surface area contributed by atoms with E-state index in [9.17, 15) is 22.6 Å². The van der Waals surface area contributed by atoms with Crippen LogP contribution in [0.2, 0.25) is 0 Å². The van der Waals surface area contributed by atoms with Gasteiger partial charge in [0.05, 0.1) is 10.6 Å². The van der Waals surface area contributed by atoms with Crippen molar-refractivity contribution in [2.45, 2.75) is 43.5 Å². The molecule has 2 aromatic rings. The Morgan fingerprint density at radius 3 is 2.62 bits per heavy atom. The number of pyridine rings is 1. The van der Waals surface area contributed by atoms with Gasteiger partial charge in [0, 0.05) is 45.3 Å². The molecule has 3 aliphatic rings.